The van der Waals surface area contributed by atoms with Crippen LogP contribution in [0.25, 0.3) is 0 Å². The second kappa shape index (κ2) is 3.83. The maximum Gasteiger partial charge on any atom is 0.263 e. The van der Waals surface area contributed by atoms with E-state index < -0.39 is 13.0 Å². The Hall–Kier alpha value is -0.220. The number of hydrogen-bond donors (Lipinski definition) is 0. The van der Waals surface area contributed by atoms with Gasteiger partial charge < -0.3 is 0 Å². The first-order chi connectivity index (χ1) is 4.79. The molecule has 1 fully saturated rings. The standard InChI is InChI=1S/C6H11F2NO/c7-6(8)5-10-9-3-1-2-4-9/h6H,1-5H2. The van der Waals surface area contributed by atoms with Gasteiger partial charge in [0.15, 0.2) is 0 Å². The number of hydrogen-bond acceptors (Lipinski definition) is 2. The molecule has 0 amide bonds. The van der Waals surface area contributed by atoms with Gasteiger partial charge in [0.1, 0.15) is 6.61 Å². The van der Waals surface area contributed by atoms with Crippen LogP contribution in [0.1, 0.15) is 12.8 Å². The molecule has 0 spiro atoms. The van der Waals surface area contributed by atoms with Crippen LogP contribution in [0.5, 0.6) is 0 Å². The molecule has 0 atom stereocenters. The SMILES string of the molecule is FC(F)CON1CCCC1. The molecule has 0 radical (unpaired) electrons. The van der Waals surface area contributed by atoms with Crippen LogP contribution in [-0.2, 0) is 4.84 Å². The summed E-state index contributed by atoms with van der Waals surface area (Å²) >= 11 is 0. The van der Waals surface area contributed by atoms with Gasteiger partial charge in [-0.3, -0.25) is 4.84 Å². The highest BCUT2D eigenvalue weighted by molar-refractivity contribution is 4.56. The number of rotatable bonds is 3. The van der Waals surface area contributed by atoms with Gasteiger partial charge in [-0.25, -0.2) is 8.78 Å². The summed E-state index contributed by atoms with van der Waals surface area (Å²) in [6, 6.07) is 0. The summed E-state index contributed by atoms with van der Waals surface area (Å²) in [5.74, 6) is 0. The maximum atomic E-state index is 11.5. The molecule has 2 nitrogen and oxygen atoms in total. The Kier molecular flexibility index (Phi) is 3.02. The fourth-order valence-electron chi connectivity index (χ4n) is 0.979. The van der Waals surface area contributed by atoms with Crippen molar-refractivity contribution in [1.82, 2.24) is 5.06 Å². The average Bonchev–Trinajstić information content (AvgIpc) is 2.34. The highest BCUT2D eigenvalue weighted by Crippen LogP contribution is 2.08. The molecule has 0 N–H and O–H groups in total. The van der Waals surface area contributed by atoms with Gasteiger partial charge in [-0.05, 0) is 12.8 Å². The van der Waals surface area contributed by atoms with E-state index in [1.54, 1.807) is 5.06 Å². The van der Waals surface area contributed by atoms with Crippen LogP contribution in [0.4, 0.5) is 8.78 Å². The molecule has 1 aliphatic heterocycles. The van der Waals surface area contributed by atoms with Crippen molar-refractivity contribution in [3.63, 3.8) is 0 Å². The quantitative estimate of drug-likeness (QED) is 0.602. The van der Waals surface area contributed by atoms with Crippen molar-refractivity contribution in [3.8, 4) is 0 Å². The molecular formula is C6H11F2NO. The summed E-state index contributed by atoms with van der Waals surface area (Å²) in [6.07, 6.45) is -0.229. The van der Waals surface area contributed by atoms with Crippen molar-refractivity contribution >= 4 is 0 Å². The van der Waals surface area contributed by atoms with E-state index in [1.807, 2.05) is 0 Å². The highest BCUT2D eigenvalue weighted by Gasteiger charge is 2.13. The topological polar surface area (TPSA) is 12.5 Å². The summed E-state index contributed by atoms with van der Waals surface area (Å²) in [6.45, 7) is 1.14. The van der Waals surface area contributed by atoms with Crippen molar-refractivity contribution in [2.24, 2.45) is 0 Å². The Morgan fingerprint density at radius 1 is 1.30 bits per heavy atom. The van der Waals surface area contributed by atoms with E-state index in [0.717, 1.165) is 25.9 Å². The van der Waals surface area contributed by atoms with E-state index in [9.17, 15) is 8.78 Å². The molecule has 0 aromatic heterocycles. The molecule has 1 aliphatic rings. The lowest BCUT2D eigenvalue weighted by Gasteiger charge is -2.13. The Balaban J connectivity index is 2.01. The first-order valence-corrected chi connectivity index (χ1v) is 3.45. The van der Waals surface area contributed by atoms with Crippen LogP contribution in [0.15, 0.2) is 0 Å². The minimum absolute atomic E-state index is 0.458. The van der Waals surface area contributed by atoms with Crippen LogP contribution in [0, 0.1) is 0 Å². The Labute approximate surface area is 58.7 Å². The predicted molar refractivity (Wildman–Crippen MR) is 32.8 cm³/mol. The smallest absolute Gasteiger partial charge is 0.263 e. The zero-order chi connectivity index (χ0) is 7.40. The number of nitrogens with zero attached hydrogens (tertiary/aromatic N) is 1. The van der Waals surface area contributed by atoms with Crippen LogP contribution in [0.3, 0.4) is 0 Å². The van der Waals surface area contributed by atoms with Crippen molar-refractivity contribution in [2.75, 3.05) is 19.7 Å². The van der Waals surface area contributed by atoms with Gasteiger partial charge >= 0.3 is 0 Å². The molecule has 0 unspecified atom stereocenters. The van der Waals surface area contributed by atoms with Crippen molar-refractivity contribution in [1.29, 1.82) is 0 Å². The summed E-state index contributed by atoms with van der Waals surface area (Å²) in [7, 11) is 0. The van der Waals surface area contributed by atoms with Gasteiger partial charge in [0.25, 0.3) is 6.43 Å². The third-order valence-electron chi connectivity index (χ3n) is 1.45. The van der Waals surface area contributed by atoms with Gasteiger partial charge in [-0.2, -0.15) is 5.06 Å². The Morgan fingerprint density at radius 3 is 2.40 bits per heavy atom. The average molecular weight is 151 g/mol. The molecule has 10 heavy (non-hydrogen) atoms. The molecular weight excluding hydrogens is 140 g/mol. The summed E-state index contributed by atoms with van der Waals surface area (Å²) < 4.78 is 23.1. The molecule has 0 bridgehead atoms. The predicted octanol–water partition coefficient (Wildman–Crippen LogP) is 1.28. The molecule has 1 rings (SSSR count). The number of halogens is 2. The second-order valence-electron chi connectivity index (χ2n) is 2.32. The fourth-order valence-corrected chi connectivity index (χ4v) is 0.979. The summed E-state index contributed by atoms with van der Waals surface area (Å²) in [5.41, 5.74) is 0. The summed E-state index contributed by atoms with van der Waals surface area (Å²) in [4.78, 5) is 4.75. The molecule has 1 saturated heterocycles. The van der Waals surface area contributed by atoms with Crippen molar-refractivity contribution in [3.05, 3.63) is 0 Å². The van der Waals surface area contributed by atoms with Gasteiger partial charge in [-0.1, -0.05) is 0 Å². The van der Waals surface area contributed by atoms with E-state index in [1.165, 1.54) is 0 Å². The minimum atomic E-state index is -2.35. The van der Waals surface area contributed by atoms with Gasteiger partial charge in [0.05, 0.1) is 0 Å². The number of hydroxylamine groups is 2. The monoisotopic (exact) mass is 151 g/mol. The van der Waals surface area contributed by atoms with Gasteiger partial charge in [0.2, 0.25) is 0 Å². The largest absolute Gasteiger partial charge is 0.293 e. The zero-order valence-electron chi connectivity index (χ0n) is 5.72. The molecule has 0 aliphatic carbocycles. The normalized spacial score (nSPS) is 20.7. The Morgan fingerprint density at radius 2 is 1.90 bits per heavy atom. The van der Waals surface area contributed by atoms with Crippen molar-refractivity contribution in [2.45, 2.75) is 19.3 Å². The Bertz CT molecular complexity index is 93.7. The first-order valence-electron chi connectivity index (χ1n) is 3.45. The van der Waals surface area contributed by atoms with Gasteiger partial charge in [0, 0.05) is 13.1 Å². The maximum absolute atomic E-state index is 11.5. The van der Waals surface area contributed by atoms with E-state index in [4.69, 9.17) is 4.84 Å². The van der Waals surface area contributed by atoms with E-state index >= 15 is 0 Å². The molecule has 1 heterocycles. The van der Waals surface area contributed by atoms with E-state index in [-0.39, 0.29) is 0 Å². The van der Waals surface area contributed by atoms with Crippen LogP contribution >= 0.6 is 0 Å². The van der Waals surface area contributed by atoms with Crippen LogP contribution < -0.4 is 0 Å². The van der Waals surface area contributed by atoms with Crippen LogP contribution in [-0.4, -0.2) is 31.2 Å². The third-order valence-corrected chi connectivity index (χ3v) is 1.45. The van der Waals surface area contributed by atoms with E-state index in [0.29, 0.717) is 0 Å². The van der Waals surface area contributed by atoms with Gasteiger partial charge in [-0.15, -0.1) is 0 Å². The number of alkyl halides is 2. The third kappa shape index (κ3) is 2.58. The molecule has 0 aromatic carbocycles. The van der Waals surface area contributed by atoms with E-state index in [2.05, 4.69) is 0 Å². The lowest BCUT2D eigenvalue weighted by Crippen LogP contribution is -2.22. The first kappa shape index (κ1) is 7.88. The van der Waals surface area contributed by atoms with Crippen molar-refractivity contribution < 1.29 is 13.6 Å². The second-order valence-corrected chi connectivity index (χ2v) is 2.32. The lowest BCUT2D eigenvalue weighted by atomic mass is 10.4. The summed E-state index contributed by atoms with van der Waals surface area (Å²) in [5, 5.41) is 1.60. The molecule has 0 aromatic rings. The zero-order valence-corrected chi connectivity index (χ0v) is 5.72. The molecule has 60 valence electrons. The molecule has 4 heteroatoms. The van der Waals surface area contributed by atoms with Crippen LogP contribution in [0.2, 0.25) is 0 Å². The highest BCUT2D eigenvalue weighted by atomic mass is 19.3. The minimum Gasteiger partial charge on any atom is -0.293 e. The molecule has 0 saturated carbocycles. The fraction of sp³-hybridized carbons (Fsp3) is 1.00. The lowest BCUT2D eigenvalue weighted by molar-refractivity contribution is -0.170.